The van der Waals surface area contributed by atoms with Crippen molar-refractivity contribution in [3.8, 4) is 5.75 Å². The summed E-state index contributed by atoms with van der Waals surface area (Å²) in [5.41, 5.74) is -1.95. The zero-order valence-corrected chi connectivity index (χ0v) is 12.6. The summed E-state index contributed by atoms with van der Waals surface area (Å²) in [6.07, 6.45) is 2.11. The van der Waals surface area contributed by atoms with Crippen molar-refractivity contribution in [3.63, 3.8) is 0 Å². The Labute approximate surface area is 122 Å². The van der Waals surface area contributed by atoms with Gasteiger partial charge in [-0.3, -0.25) is 0 Å². The molecule has 0 radical (unpaired) electrons. The second kappa shape index (κ2) is 5.83. The Morgan fingerprint density at radius 2 is 1.90 bits per heavy atom. The van der Waals surface area contributed by atoms with E-state index in [0.29, 0.717) is 5.75 Å². The molecule has 0 bridgehead atoms. The zero-order valence-electron chi connectivity index (χ0n) is 11.8. The molecule has 2 aromatic rings. The first-order valence-corrected chi connectivity index (χ1v) is 7.68. The minimum atomic E-state index is -1.95. The van der Waals surface area contributed by atoms with Crippen molar-refractivity contribution < 1.29 is 13.9 Å². The Morgan fingerprint density at radius 1 is 1.25 bits per heavy atom. The molecule has 2 nitrogen and oxygen atoms in total. The molecule has 0 aromatic heterocycles. The van der Waals surface area contributed by atoms with Gasteiger partial charge in [0.15, 0.2) is 0 Å². The van der Waals surface area contributed by atoms with Crippen molar-refractivity contribution >= 4 is 28.5 Å². The van der Waals surface area contributed by atoms with Crippen molar-refractivity contribution in [2.45, 2.75) is 30.8 Å². The van der Waals surface area contributed by atoms with Crippen LogP contribution in [0.2, 0.25) is 0 Å². The third kappa shape index (κ3) is 3.12. The molecule has 0 aliphatic heterocycles. The Bertz CT molecular complexity index is 637. The van der Waals surface area contributed by atoms with Gasteiger partial charge in [-0.25, -0.2) is 9.18 Å². The van der Waals surface area contributed by atoms with Crippen molar-refractivity contribution in [2.24, 2.45) is 0 Å². The van der Waals surface area contributed by atoms with Gasteiger partial charge < -0.3 is 4.74 Å². The lowest BCUT2D eigenvalue weighted by molar-refractivity contribution is -0.146. The maximum atomic E-state index is 13.8. The normalized spacial score (nSPS) is 14.0. The Balaban J connectivity index is 2.26. The highest BCUT2D eigenvalue weighted by molar-refractivity contribution is 7.98. The molecule has 106 valence electrons. The third-order valence-corrected chi connectivity index (χ3v) is 4.04. The predicted octanol–water partition coefficient (Wildman–Crippen LogP) is 4.61. The lowest BCUT2D eigenvalue weighted by Crippen LogP contribution is -2.33. The highest BCUT2D eigenvalue weighted by Gasteiger charge is 2.33. The lowest BCUT2D eigenvalue weighted by Gasteiger charge is -2.16. The molecule has 1 atom stereocenters. The van der Waals surface area contributed by atoms with Gasteiger partial charge >= 0.3 is 5.97 Å². The number of halogens is 1. The largest absolute Gasteiger partial charge is 0.424 e. The number of benzene rings is 2. The van der Waals surface area contributed by atoms with Crippen LogP contribution in [0.3, 0.4) is 0 Å². The molecule has 2 aromatic carbocycles. The molecular weight excluding hydrogens is 275 g/mol. The molecule has 20 heavy (non-hydrogen) atoms. The maximum absolute atomic E-state index is 13.8. The van der Waals surface area contributed by atoms with Gasteiger partial charge in [0.05, 0.1) is 0 Å². The Kier molecular flexibility index (Phi) is 4.33. The van der Waals surface area contributed by atoms with E-state index in [1.807, 2.05) is 24.5 Å². The van der Waals surface area contributed by atoms with Crippen LogP contribution in [0.25, 0.3) is 10.8 Å². The fourth-order valence-corrected chi connectivity index (χ4v) is 2.20. The van der Waals surface area contributed by atoms with Crippen LogP contribution in [0.4, 0.5) is 4.39 Å². The van der Waals surface area contributed by atoms with Gasteiger partial charge in [0.25, 0.3) is 0 Å². The van der Waals surface area contributed by atoms with E-state index in [1.165, 1.54) is 11.8 Å². The van der Waals surface area contributed by atoms with Crippen LogP contribution in [0, 0.1) is 0 Å². The third-order valence-electron chi connectivity index (χ3n) is 3.32. The van der Waals surface area contributed by atoms with Crippen LogP contribution >= 0.6 is 11.8 Å². The van der Waals surface area contributed by atoms with Gasteiger partial charge in [-0.15, -0.1) is 11.8 Å². The monoisotopic (exact) mass is 292 g/mol. The summed E-state index contributed by atoms with van der Waals surface area (Å²) in [5, 5.41) is 2.03. The quantitative estimate of drug-likeness (QED) is 0.468. The minimum Gasteiger partial charge on any atom is -0.424 e. The maximum Gasteiger partial charge on any atom is 0.348 e. The van der Waals surface area contributed by atoms with Crippen LogP contribution in [0.15, 0.2) is 41.3 Å². The molecule has 0 amide bonds. The Morgan fingerprint density at radius 3 is 2.55 bits per heavy atom. The number of esters is 1. The van der Waals surface area contributed by atoms with Crippen LogP contribution in [0.5, 0.6) is 5.75 Å². The SMILES string of the molecule is CCC(C)(F)C(=O)Oc1ccc2cc(SC)ccc2c1. The summed E-state index contributed by atoms with van der Waals surface area (Å²) in [6.45, 7) is 2.85. The number of hydrogen-bond donors (Lipinski definition) is 0. The molecule has 0 aliphatic carbocycles. The van der Waals surface area contributed by atoms with Crippen molar-refractivity contribution in [2.75, 3.05) is 6.26 Å². The van der Waals surface area contributed by atoms with E-state index < -0.39 is 11.6 Å². The van der Waals surface area contributed by atoms with Crippen molar-refractivity contribution in [1.29, 1.82) is 0 Å². The molecule has 4 heteroatoms. The lowest BCUT2D eigenvalue weighted by atomic mass is 10.1. The van der Waals surface area contributed by atoms with Gasteiger partial charge in [0, 0.05) is 4.90 Å². The topological polar surface area (TPSA) is 26.3 Å². The molecule has 0 N–H and O–H groups in total. The predicted molar refractivity (Wildman–Crippen MR) is 81.2 cm³/mol. The number of carbonyl (C=O) groups is 1. The molecule has 1 unspecified atom stereocenters. The molecule has 0 spiro atoms. The molecular formula is C16H17FO2S. The van der Waals surface area contributed by atoms with E-state index >= 15 is 0 Å². The molecule has 0 fully saturated rings. The van der Waals surface area contributed by atoms with Crippen LogP contribution in [0.1, 0.15) is 20.3 Å². The van der Waals surface area contributed by atoms with E-state index in [0.717, 1.165) is 10.8 Å². The van der Waals surface area contributed by atoms with E-state index in [4.69, 9.17) is 4.74 Å². The smallest absolute Gasteiger partial charge is 0.348 e. The molecule has 0 saturated carbocycles. The first-order valence-electron chi connectivity index (χ1n) is 6.45. The second-order valence-corrected chi connectivity index (χ2v) is 5.70. The minimum absolute atomic E-state index is 0.0937. The summed E-state index contributed by atoms with van der Waals surface area (Å²) in [7, 11) is 0. The van der Waals surface area contributed by atoms with Gasteiger partial charge in [0.1, 0.15) is 5.75 Å². The van der Waals surface area contributed by atoms with Crippen molar-refractivity contribution in [1.82, 2.24) is 0 Å². The van der Waals surface area contributed by atoms with Crippen molar-refractivity contribution in [3.05, 3.63) is 36.4 Å². The average molecular weight is 292 g/mol. The number of rotatable bonds is 4. The fourth-order valence-electron chi connectivity index (χ4n) is 1.75. The highest BCUT2D eigenvalue weighted by Crippen LogP contribution is 2.27. The van der Waals surface area contributed by atoms with E-state index in [1.54, 1.807) is 30.8 Å². The molecule has 0 saturated heterocycles. The summed E-state index contributed by atoms with van der Waals surface area (Å²) < 4.78 is 18.9. The van der Waals surface area contributed by atoms with Gasteiger partial charge in [0.2, 0.25) is 5.67 Å². The van der Waals surface area contributed by atoms with Gasteiger partial charge in [-0.05, 0) is 54.6 Å². The van der Waals surface area contributed by atoms with Crippen LogP contribution in [-0.4, -0.2) is 17.9 Å². The summed E-state index contributed by atoms with van der Waals surface area (Å²) in [5.74, 6) is -0.475. The first kappa shape index (κ1) is 14.9. The van der Waals surface area contributed by atoms with Crippen LogP contribution in [-0.2, 0) is 4.79 Å². The van der Waals surface area contributed by atoms with E-state index in [2.05, 4.69) is 6.07 Å². The summed E-state index contributed by atoms with van der Waals surface area (Å²) in [4.78, 5) is 12.9. The molecule has 0 aliphatic rings. The number of hydrogen-bond acceptors (Lipinski definition) is 3. The van der Waals surface area contributed by atoms with Gasteiger partial charge in [-0.2, -0.15) is 0 Å². The first-order chi connectivity index (χ1) is 9.46. The standard InChI is InChI=1S/C16H17FO2S/c1-4-16(2,17)15(18)19-13-7-5-12-10-14(20-3)8-6-11(12)9-13/h5-10H,4H2,1-3H3. The number of fused-ring (bicyclic) bond motifs is 1. The number of carbonyl (C=O) groups excluding carboxylic acids is 1. The highest BCUT2D eigenvalue weighted by atomic mass is 32.2. The summed E-state index contributed by atoms with van der Waals surface area (Å²) in [6, 6.07) is 11.4. The van der Waals surface area contributed by atoms with Gasteiger partial charge in [-0.1, -0.05) is 19.1 Å². The number of thioether (sulfide) groups is 1. The Hall–Kier alpha value is -1.55. The van der Waals surface area contributed by atoms with Crippen LogP contribution < -0.4 is 4.74 Å². The van der Waals surface area contributed by atoms with E-state index in [9.17, 15) is 9.18 Å². The second-order valence-electron chi connectivity index (χ2n) is 4.82. The average Bonchev–Trinajstić information content (AvgIpc) is 2.46. The number of ether oxygens (including phenoxy) is 1. The molecule has 0 heterocycles. The van der Waals surface area contributed by atoms with E-state index in [-0.39, 0.29) is 6.42 Å². The zero-order chi connectivity index (χ0) is 14.8. The fraction of sp³-hybridized carbons (Fsp3) is 0.312. The number of alkyl halides is 1. The summed E-state index contributed by atoms with van der Waals surface area (Å²) >= 11 is 1.67. The molecule has 2 rings (SSSR count).